The van der Waals surface area contributed by atoms with Crippen LogP contribution in [0.25, 0.3) is 0 Å². The molecule has 0 aliphatic heterocycles. The monoisotopic (exact) mass is 249 g/mol. The van der Waals surface area contributed by atoms with Crippen molar-refractivity contribution in [3.8, 4) is 5.75 Å². The van der Waals surface area contributed by atoms with E-state index in [0.29, 0.717) is 0 Å². The lowest BCUT2D eigenvalue weighted by molar-refractivity contribution is 0.203. The molecule has 102 valence electrons. The summed E-state index contributed by atoms with van der Waals surface area (Å²) in [5.74, 6) is 1.03. The van der Waals surface area contributed by atoms with Crippen LogP contribution in [0.2, 0.25) is 0 Å². The minimum Gasteiger partial charge on any atom is -0.490 e. The Morgan fingerprint density at radius 1 is 1.22 bits per heavy atom. The Kier molecular flexibility index (Phi) is 5.67. The Labute approximate surface area is 112 Å². The summed E-state index contributed by atoms with van der Waals surface area (Å²) in [5.41, 5.74) is 1.47. The van der Waals surface area contributed by atoms with Crippen molar-refractivity contribution in [1.29, 1.82) is 0 Å². The molecule has 0 bridgehead atoms. The van der Waals surface area contributed by atoms with Crippen LogP contribution in [0.1, 0.15) is 46.6 Å². The molecule has 2 nitrogen and oxygen atoms in total. The molecule has 1 atom stereocenters. The number of hydrogen-bond donors (Lipinski definition) is 1. The molecule has 0 heterocycles. The van der Waals surface area contributed by atoms with Gasteiger partial charge < -0.3 is 10.1 Å². The molecule has 1 rings (SSSR count). The van der Waals surface area contributed by atoms with Gasteiger partial charge in [-0.15, -0.1) is 0 Å². The van der Waals surface area contributed by atoms with E-state index in [-0.39, 0.29) is 11.6 Å². The zero-order valence-electron chi connectivity index (χ0n) is 12.4. The summed E-state index contributed by atoms with van der Waals surface area (Å²) < 4.78 is 6.01. The Balaban J connectivity index is 2.42. The van der Waals surface area contributed by atoms with Crippen LogP contribution >= 0.6 is 0 Å². The summed E-state index contributed by atoms with van der Waals surface area (Å²) >= 11 is 0. The third-order valence-corrected chi connectivity index (χ3v) is 2.89. The van der Waals surface area contributed by atoms with E-state index < -0.39 is 0 Å². The van der Waals surface area contributed by atoms with E-state index in [2.05, 4.69) is 58.1 Å². The van der Waals surface area contributed by atoms with Crippen molar-refractivity contribution >= 4 is 0 Å². The first-order chi connectivity index (χ1) is 8.42. The Morgan fingerprint density at radius 2 is 1.89 bits per heavy atom. The smallest absolute Gasteiger partial charge is 0.122 e. The Hall–Kier alpha value is -1.02. The molecular formula is C16H27NO. The van der Waals surface area contributed by atoms with E-state index in [0.717, 1.165) is 25.1 Å². The zero-order chi connectivity index (χ0) is 13.6. The topological polar surface area (TPSA) is 21.3 Å². The lowest BCUT2D eigenvalue weighted by Gasteiger charge is -2.23. The SMILES string of the molecule is CCc1ccccc1OC(C)CCNC(C)(C)C. The maximum atomic E-state index is 6.01. The van der Waals surface area contributed by atoms with Crippen LogP contribution in [0, 0.1) is 0 Å². The number of nitrogens with one attached hydrogen (secondary N) is 1. The van der Waals surface area contributed by atoms with Crippen molar-refractivity contribution in [2.24, 2.45) is 0 Å². The van der Waals surface area contributed by atoms with E-state index in [1.165, 1.54) is 5.56 Å². The third kappa shape index (κ3) is 5.54. The van der Waals surface area contributed by atoms with Crippen molar-refractivity contribution < 1.29 is 4.74 Å². The van der Waals surface area contributed by atoms with Gasteiger partial charge in [-0.25, -0.2) is 0 Å². The highest BCUT2D eigenvalue weighted by molar-refractivity contribution is 5.33. The van der Waals surface area contributed by atoms with Gasteiger partial charge >= 0.3 is 0 Å². The second kappa shape index (κ2) is 6.79. The maximum absolute atomic E-state index is 6.01. The number of hydrogen-bond acceptors (Lipinski definition) is 2. The van der Waals surface area contributed by atoms with Gasteiger partial charge in [0.2, 0.25) is 0 Å². The van der Waals surface area contributed by atoms with Crippen LogP contribution in [0.4, 0.5) is 0 Å². The molecule has 18 heavy (non-hydrogen) atoms. The third-order valence-electron chi connectivity index (χ3n) is 2.89. The lowest BCUT2D eigenvalue weighted by atomic mass is 10.1. The van der Waals surface area contributed by atoms with Crippen LogP contribution in [0.5, 0.6) is 5.75 Å². The number of rotatable bonds is 6. The molecule has 1 unspecified atom stereocenters. The second-order valence-corrected chi connectivity index (χ2v) is 5.86. The van der Waals surface area contributed by atoms with Crippen LogP contribution in [-0.4, -0.2) is 18.2 Å². The fourth-order valence-corrected chi connectivity index (χ4v) is 1.84. The largest absolute Gasteiger partial charge is 0.490 e. The molecule has 1 aromatic carbocycles. The molecule has 0 aliphatic rings. The van der Waals surface area contributed by atoms with Crippen molar-refractivity contribution in [2.45, 2.75) is 59.1 Å². The molecule has 0 radical (unpaired) electrons. The van der Waals surface area contributed by atoms with E-state index in [1.807, 2.05) is 6.07 Å². The van der Waals surface area contributed by atoms with Gasteiger partial charge in [0.05, 0.1) is 6.10 Å². The molecule has 2 heteroatoms. The van der Waals surface area contributed by atoms with E-state index >= 15 is 0 Å². The van der Waals surface area contributed by atoms with Crippen LogP contribution in [-0.2, 0) is 6.42 Å². The van der Waals surface area contributed by atoms with Crippen LogP contribution in [0.15, 0.2) is 24.3 Å². The summed E-state index contributed by atoms with van der Waals surface area (Å²) in [6, 6.07) is 8.30. The average Bonchev–Trinajstić information content (AvgIpc) is 2.28. The van der Waals surface area contributed by atoms with Crippen molar-refractivity contribution in [3.05, 3.63) is 29.8 Å². The number of benzene rings is 1. The van der Waals surface area contributed by atoms with Crippen molar-refractivity contribution in [3.63, 3.8) is 0 Å². The predicted molar refractivity (Wildman–Crippen MR) is 78.3 cm³/mol. The highest BCUT2D eigenvalue weighted by Crippen LogP contribution is 2.20. The molecular weight excluding hydrogens is 222 g/mol. The quantitative estimate of drug-likeness (QED) is 0.828. The zero-order valence-corrected chi connectivity index (χ0v) is 12.4. The molecule has 0 saturated heterocycles. The summed E-state index contributed by atoms with van der Waals surface area (Å²) in [6.07, 6.45) is 2.28. The predicted octanol–water partition coefficient (Wildman–Crippen LogP) is 3.79. The number of ether oxygens (including phenoxy) is 1. The minimum atomic E-state index is 0.182. The average molecular weight is 249 g/mol. The normalized spacial score (nSPS) is 13.4. The number of aryl methyl sites for hydroxylation is 1. The first kappa shape index (κ1) is 15.0. The summed E-state index contributed by atoms with van der Waals surface area (Å²) in [7, 11) is 0. The fraction of sp³-hybridized carbons (Fsp3) is 0.625. The van der Waals surface area contributed by atoms with E-state index in [9.17, 15) is 0 Å². The van der Waals surface area contributed by atoms with Gasteiger partial charge in [0.15, 0.2) is 0 Å². The van der Waals surface area contributed by atoms with Crippen LogP contribution in [0.3, 0.4) is 0 Å². The van der Waals surface area contributed by atoms with E-state index in [1.54, 1.807) is 0 Å². The van der Waals surface area contributed by atoms with Gasteiger partial charge in [0.25, 0.3) is 0 Å². The molecule has 0 aromatic heterocycles. The Bertz CT molecular complexity index is 354. The summed E-state index contributed by atoms with van der Waals surface area (Å²) in [4.78, 5) is 0. The van der Waals surface area contributed by atoms with Gasteiger partial charge in [0.1, 0.15) is 5.75 Å². The van der Waals surface area contributed by atoms with Crippen LogP contribution < -0.4 is 10.1 Å². The molecule has 0 saturated carbocycles. The molecule has 0 spiro atoms. The summed E-state index contributed by atoms with van der Waals surface area (Å²) in [5, 5.41) is 3.49. The first-order valence-corrected chi connectivity index (χ1v) is 6.92. The van der Waals surface area contributed by atoms with Gasteiger partial charge in [0, 0.05) is 5.54 Å². The summed E-state index contributed by atoms with van der Waals surface area (Å²) in [6.45, 7) is 11.8. The molecule has 0 aliphatic carbocycles. The standard InChI is InChI=1S/C16H27NO/c1-6-14-9-7-8-10-15(14)18-13(2)11-12-17-16(3,4)5/h7-10,13,17H,6,11-12H2,1-5H3. The lowest BCUT2D eigenvalue weighted by Crippen LogP contribution is -2.37. The second-order valence-electron chi connectivity index (χ2n) is 5.86. The molecule has 0 fully saturated rings. The fourth-order valence-electron chi connectivity index (χ4n) is 1.84. The highest BCUT2D eigenvalue weighted by Gasteiger charge is 2.11. The molecule has 1 N–H and O–H groups in total. The number of para-hydroxylation sites is 1. The molecule has 1 aromatic rings. The minimum absolute atomic E-state index is 0.182. The van der Waals surface area contributed by atoms with Crippen molar-refractivity contribution in [2.75, 3.05) is 6.54 Å². The van der Waals surface area contributed by atoms with Gasteiger partial charge in [-0.05, 0) is 58.7 Å². The van der Waals surface area contributed by atoms with Crippen molar-refractivity contribution in [1.82, 2.24) is 5.32 Å². The van der Waals surface area contributed by atoms with E-state index in [4.69, 9.17) is 4.74 Å². The Morgan fingerprint density at radius 3 is 2.50 bits per heavy atom. The highest BCUT2D eigenvalue weighted by atomic mass is 16.5. The first-order valence-electron chi connectivity index (χ1n) is 6.92. The van der Waals surface area contributed by atoms with Gasteiger partial charge in [-0.2, -0.15) is 0 Å². The van der Waals surface area contributed by atoms with Gasteiger partial charge in [-0.1, -0.05) is 25.1 Å². The molecule has 0 amide bonds. The van der Waals surface area contributed by atoms with Gasteiger partial charge in [-0.3, -0.25) is 0 Å². The maximum Gasteiger partial charge on any atom is 0.122 e.